The van der Waals surface area contributed by atoms with Crippen molar-refractivity contribution in [2.24, 2.45) is 5.41 Å². The molecule has 2 aliphatic heterocycles. The van der Waals surface area contributed by atoms with E-state index in [9.17, 15) is 4.39 Å². The highest BCUT2D eigenvalue weighted by Gasteiger charge is 2.40. The van der Waals surface area contributed by atoms with E-state index in [1.807, 2.05) is 12.1 Å². The third-order valence-corrected chi connectivity index (χ3v) is 4.17. The molecule has 2 saturated heterocycles. The third kappa shape index (κ3) is 2.35. The van der Waals surface area contributed by atoms with Crippen molar-refractivity contribution in [1.82, 2.24) is 10.6 Å². The summed E-state index contributed by atoms with van der Waals surface area (Å²) in [6, 6.07) is 7.46. The highest BCUT2D eigenvalue weighted by Crippen LogP contribution is 2.35. The summed E-state index contributed by atoms with van der Waals surface area (Å²) in [6.07, 6.45) is 3.55. The van der Waals surface area contributed by atoms with Crippen LogP contribution in [0.1, 0.15) is 18.4 Å². The second-order valence-corrected chi connectivity index (χ2v) is 5.54. The molecule has 2 aliphatic rings. The molecule has 2 fully saturated rings. The SMILES string of the molecule is Fc1ccc(CC2CC3(CCNC3)CN2)cc1. The standard InChI is InChI=1S/C14H19FN2/c15-12-3-1-11(2-4-12)7-13-8-14(10-17-13)5-6-16-9-14/h1-4,13,16-17H,5-10H2. The van der Waals surface area contributed by atoms with Gasteiger partial charge in [0.05, 0.1) is 0 Å². The van der Waals surface area contributed by atoms with Crippen LogP contribution in [0.15, 0.2) is 24.3 Å². The van der Waals surface area contributed by atoms with Gasteiger partial charge in [0.1, 0.15) is 5.82 Å². The van der Waals surface area contributed by atoms with E-state index < -0.39 is 0 Å². The van der Waals surface area contributed by atoms with E-state index in [1.165, 1.54) is 18.4 Å². The lowest BCUT2D eigenvalue weighted by molar-refractivity contribution is 0.355. The van der Waals surface area contributed by atoms with Crippen LogP contribution >= 0.6 is 0 Å². The van der Waals surface area contributed by atoms with Gasteiger partial charge in [-0.05, 0) is 48.9 Å². The molecule has 3 heteroatoms. The van der Waals surface area contributed by atoms with E-state index in [-0.39, 0.29) is 5.82 Å². The van der Waals surface area contributed by atoms with Crippen LogP contribution in [0.25, 0.3) is 0 Å². The Morgan fingerprint density at radius 2 is 2.06 bits per heavy atom. The van der Waals surface area contributed by atoms with Gasteiger partial charge in [-0.3, -0.25) is 0 Å². The van der Waals surface area contributed by atoms with Crippen molar-refractivity contribution in [2.75, 3.05) is 19.6 Å². The maximum Gasteiger partial charge on any atom is 0.123 e. The van der Waals surface area contributed by atoms with E-state index in [0.29, 0.717) is 11.5 Å². The maximum absolute atomic E-state index is 12.8. The molecule has 1 aromatic carbocycles. The van der Waals surface area contributed by atoms with Crippen molar-refractivity contribution in [3.8, 4) is 0 Å². The van der Waals surface area contributed by atoms with Gasteiger partial charge in [0.25, 0.3) is 0 Å². The van der Waals surface area contributed by atoms with Crippen LogP contribution in [-0.4, -0.2) is 25.7 Å². The smallest absolute Gasteiger partial charge is 0.123 e. The number of hydrogen-bond donors (Lipinski definition) is 2. The first kappa shape index (κ1) is 11.2. The first-order valence-electron chi connectivity index (χ1n) is 6.44. The van der Waals surface area contributed by atoms with E-state index in [1.54, 1.807) is 12.1 Å². The van der Waals surface area contributed by atoms with Crippen molar-refractivity contribution in [3.05, 3.63) is 35.6 Å². The summed E-state index contributed by atoms with van der Waals surface area (Å²) >= 11 is 0. The van der Waals surface area contributed by atoms with Gasteiger partial charge in [-0.25, -0.2) is 4.39 Å². The second kappa shape index (κ2) is 4.39. The first-order valence-corrected chi connectivity index (χ1v) is 6.44. The van der Waals surface area contributed by atoms with Gasteiger partial charge in [-0.15, -0.1) is 0 Å². The molecule has 2 N–H and O–H groups in total. The molecular weight excluding hydrogens is 215 g/mol. The molecule has 0 bridgehead atoms. The molecule has 17 heavy (non-hydrogen) atoms. The predicted molar refractivity (Wildman–Crippen MR) is 66.4 cm³/mol. The zero-order valence-electron chi connectivity index (χ0n) is 10.0. The molecule has 0 aliphatic carbocycles. The number of halogens is 1. The van der Waals surface area contributed by atoms with E-state index >= 15 is 0 Å². The van der Waals surface area contributed by atoms with E-state index in [4.69, 9.17) is 0 Å². The lowest BCUT2D eigenvalue weighted by atomic mass is 9.84. The molecule has 2 heterocycles. The zero-order chi connectivity index (χ0) is 11.7. The van der Waals surface area contributed by atoms with Gasteiger partial charge in [-0.2, -0.15) is 0 Å². The van der Waals surface area contributed by atoms with Gasteiger partial charge >= 0.3 is 0 Å². The maximum atomic E-state index is 12.8. The molecule has 1 spiro atoms. The largest absolute Gasteiger partial charge is 0.316 e. The third-order valence-electron chi connectivity index (χ3n) is 4.17. The van der Waals surface area contributed by atoms with Crippen LogP contribution in [0.3, 0.4) is 0 Å². The lowest BCUT2D eigenvalue weighted by Gasteiger charge is -2.20. The average Bonchev–Trinajstić information content (AvgIpc) is 2.94. The second-order valence-electron chi connectivity index (χ2n) is 5.54. The summed E-state index contributed by atoms with van der Waals surface area (Å²) in [7, 11) is 0. The van der Waals surface area contributed by atoms with Crippen molar-refractivity contribution < 1.29 is 4.39 Å². The quantitative estimate of drug-likeness (QED) is 0.814. The molecule has 2 nitrogen and oxygen atoms in total. The fourth-order valence-electron chi connectivity index (χ4n) is 3.20. The van der Waals surface area contributed by atoms with Crippen LogP contribution in [0, 0.1) is 11.2 Å². The van der Waals surface area contributed by atoms with Crippen molar-refractivity contribution in [1.29, 1.82) is 0 Å². The average molecular weight is 234 g/mol. The fourth-order valence-corrected chi connectivity index (χ4v) is 3.20. The minimum Gasteiger partial charge on any atom is -0.316 e. The Morgan fingerprint density at radius 1 is 1.24 bits per heavy atom. The Hall–Kier alpha value is -0.930. The molecule has 0 saturated carbocycles. The monoisotopic (exact) mass is 234 g/mol. The zero-order valence-corrected chi connectivity index (χ0v) is 10.0. The van der Waals surface area contributed by atoms with Gasteiger partial charge in [0, 0.05) is 19.1 Å². The fraction of sp³-hybridized carbons (Fsp3) is 0.571. The van der Waals surface area contributed by atoms with E-state index in [2.05, 4.69) is 10.6 Å². The van der Waals surface area contributed by atoms with Crippen molar-refractivity contribution in [2.45, 2.75) is 25.3 Å². The highest BCUT2D eigenvalue weighted by atomic mass is 19.1. The van der Waals surface area contributed by atoms with Crippen LogP contribution in [0.2, 0.25) is 0 Å². The Morgan fingerprint density at radius 3 is 2.76 bits per heavy atom. The van der Waals surface area contributed by atoms with Crippen LogP contribution < -0.4 is 10.6 Å². The van der Waals surface area contributed by atoms with E-state index in [0.717, 1.165) is 26.1 Å². The topological polar surface area (TPSA) is 24.1 Å². The molecule has 0 radical (unpaired) electrons. The Kier molecular flexibility index (Phi) is 2.89. The van der Waals surface area contributed by atoms with Crippen LogP contribution in [0.4, 0.5) is 4.39 Å². The molecular formula is C14H19FN2. The summed E-state index contributed by atoms with van der Waals surface area (Å²) in [6.45, 7) is 3.44. The number of benzene rings is 1. The Labute approximate surface area is 102 Å². The summed E-state index contributed by atoms with van der Waals surface area (Å²) in [5.74, 6) is -0.149. The molecule has 1 aromatic rings. The highest BCUT2D eigenvalue weighted by molar-refractivity contribution is 5.18. The minimum atomic E-state index is -0.149. The molecule has 0 amide bonds. The van der Waals surface area contributed by atoms with Crippen molar-refractivity contribution in [3.63, 3.8) is 0 Å². The molecule has 3 rings (SSSR count). The summed E-state index contributed by atoms with van der Waals surface area (Å²) in [5.41, 5.74) is 1.72. The summed E-state index contributed by atoms with van der Waals surface area (Å²) in [5, 5.41) is 7.08. The summed E-state index contributed by atoms with van der Waals surface area (Å²) < 4.78 is 12.8. The van der Waals surface area contributed by atoms with Gasteiger partial charge in [0.2, 0.25) is 0 Å². The molecule has 92 valence electrons. The van der Waals surface area contributed by atoms with Gasteiger partial charge in [0.15, 0.2) is 0 Å². The number of nitrogens with one attached hydrogen (secondary N) is 2. The van der Waals surface area contributed by atoms with Gasteiger partial charge < -0.3 is 10.6 Å². The number of hydrogen-bond acceptors (Lipinski definition) is 2. The minimum absolute atomic E-state index is 0.149. The molecule has 2 unspecified atom stereocenters. The normalized spacial score (nSPS) is 32.4. The van der Waals surface area contributed by atoms with Crippen molar-refractivity contribution >= 4 is 0 Å². The number of rotatable bonds is 2. The molecule has 2 atom stereocenters. The Balaban J connectivity index is 1.62. The lowest BCUT2D eigenvalue weighted by Crippen LogP contribution is -2.26. The predicted octanol–water partition coefficient (Wildman–Crippen LogP) is 1.71. The van der Waals surface area contributed by atoms with Crippen LogP contribution in [0.5, 0.6) is 0 Å². The van der Waals surface area contributed by atoms with Gasteiger partial charge in [-0.1, -0.05) is 12.1 Å². The van der Waals surface area contributed by atoms with Crippen LogP contribution in [-0.2, 0) is 6.42 Å². The Bertz CT molecular complexity index is 382. The summed E-state index contributed by atoms with van der Waals surface area (Å²) in [4.78, 5) is 0. The first-order chi connectivity index (χ1) is 8.26. The molecule has 0 aromatic heterocycles.